The first-order valence-electron chi connectivity index (χ1n) is 6.23. The monoisotopic (exact) mass is 289 g/mol. The summed E-state index contributed by atoms with van der Waals surface area (Å²) < 4.78 is 49.7. The highest BCUT2D eigenvalue weighted by Crippen LogP contribution is 2.25. The van der Waals surface area contributed by atoms with E-state index in [9.17, 15) is 17.2 Å². The molecule has 106 valence electrons. The van der Waals surface area contributed by atoms with Gasteiger partial charge < -0.3 is 5.32 Å². The van der Waals surface area contributed by atoms with Crippen molar-refractivity contribution < 1.29 is 17.2 Å². The van der Waals surface area contributed by atoms with Crippen molar-refractivity contribution in [3.8, 4) is 0 Å². The van der Waals surface area contributed by atoms with Crippen molar-refractivity contribution in [2.24, 2.45) is 5.92 Å². The molecule has 0 spiro atoms. The van der Waals surface area contributed by atoms with Crippen LogP contribution >= 0.6 is 0 Å². The van der Waals surface area contributed by atoms with Crippen LogP contribution < -0.4 is 5.32 Å². The maximum atomic E-state index is 13.6. The summed E-state index contributed by atoms with van der Waals surface area (Å²) in [6.45, 7) is 0. The standard InChI is InChI=1S/C13H17F2NO2S/c1-16-12(10-5-6-19(17,18)8-10)7-9-3-2-4-11(14)13(9)15/h2-4,10,12,16H,5-8H2,1H3. The number of rotatable bonds is 4. The van der Waals surface area contributed by atoms with Gasteiger partial charge in [0.1, 0.15) is 0 Å². The molecule has 1 aromatic carbocycles. The van der Waals surface area contributed by atoms with Crippen molar-refractivity contribution in [2.75, 3.05) is 18.6 Å². The van der Waals surface area contributed by atoms with Crippen molar-refractivity contribution >= 4 is 9.84 Å². The Balaban J connectivity index is 2.14. The highest BCUT2D eigenvalue weighted by atomic mass is 32.2. The minimum Gasteiger partial charge on any atom is -0.316 e. The van der Waals surface area contributed by atoms with Gasteiger partial charge in [0.25, 0.3) is 0 Å². The summed E-state index contributed by atoms with van der Waals surface area (Å²) in [5.74, 6) is -1.45. The summed E-state index contributed by atoms with van der Waals surface area (Å²) in [7, 11) is -1.25. The molecule has 2 atom stereocenters. The van der Waals surface area contributed by atoms with Crippen LogP contribution in [0.25, 0.3) is 0 Å². The Labute approximate surface area is 111 Å². The Kier molecular flexibility index (Phi) is 4.20. The van der Waals surface area contributed by atoms with Crippen LogP contribution in [0.5, 0.6) is 0 Å². The quantitative estimate of drug-likeness (QED) is 0.914. The van der Waals surface area contributed by atoms with Crippen LogP contribution in [-0.4, -0.2) is 33.0 Å². The van der Waals surface area contributed by atoms with E-state index in [1.807, 2.05) is 0 Å². The predicted octanol–water partition coefficient (Wildman–Crippen LogP) is 1.53. The van der Waals surface area contributed by atoms with E-state index in [4.69, 9.17) is 0 Å². The molecule has 0 amide bonds. The summed E-state index contributed by atoms with van der Waals surface area (Å²) in [6.07, 6.45) is 0.866. The number of nitrogens with one attached hydrogen (secondary N) is 1. The van der Waals surface area contributed by atoms with E-state index in [1.165, 1.54) is 12.1 Å². The molecule has 1 aliphatic heterocycles. The Morgan fingerprint density at radius 2 is 2.16 bits per heavy atom. The number of hydrogen-bond acceptors (Lipinski definition) is 3. The summed E-state index contributed by atoms with van der Waals surface area (Å²) >= 11 is 0. The van der Waals surface area contributed by atoms with Gasteiger partial charge in [-0.3, -0.25) is 0 Å². The lowest BCUT2D eigenvalue weighted by molar-refractivity contribution is 0.394. The number of benzene rings is 1. The van der Waals surface area contributed by atoms with E-state index in [-0.39, 0.29) is 29.0 Å². The maximum Gasteiger partial charge on any atom is 0.162 e. The molecule has 1 N–H and O–H groups in total. The third kappa shape index (κ3) is 3.30. The fraction of sp³-hybridized carbons (Fsp3) is 0.538. The minimum absolute atomic E-state index is 0.0438. The van der Waals surface area contributed by atoms with Gasteiger partial charge >= 0.3 is 0 Å². The Bertz CT molecular complexity index is 560. The molecule has 6 heteroatoms. The zero-order chi connectivity index (χ0) is 14.0. The van der Waals surface area contributed by atoms with E-state index in [0.29, 0.717) is 12.8 Å². The topological polar surface area (TPSA) is 46.2 Å². The third-order valence-corrected chi connectivity index (χ3v) is 5.47. The molecule has 1 fully saturated rings. The smallest absolute Gasteiger partial charge is 0.162 e. The third-order valence-electron chi connectivity index (χ3n) is 3.68. The van der Waals surface area contributed by atoms with Crippen LogP contribution in [0.1, 0.15) is 12.0 Å². The van der Waals surface area contributed by atoms with E-state index in [1.54, 1.807) is 7.05 Å². The fourth-order valence-corrected chi connectivity index (χ4v) is 4.47. The average Bonchev–Trinajstić information content (AvgIpc) is 2.71. The van der Waals surface area contributed by atoms with Gasteiger partial charge in [-0.15, -0.1) is 0 Å². The normalized spacial score (nSPS) is 23.4. The lowest BCUT2D eigenvalue weighted by atomic mass is 9.93. The van der Waals surface area contributed by atoms with Crippen molar-refractivity contribution in [1.82, 2.24) is 5.32 Å². The van der Waals surface area contributed by atoms with Gasteiger partial charge in [-0.25, -0.2) is 17.2 Å². The first kappa shape index (κ1) is 14.4. The summed E-state index contributed by atoms with van der Waals surface area (Å²) in [6, 6.07) is 3.92. The molecular weight excluding hydrogens is 272 g/mol. The van der Waals surface area contributed by atoms with E-state index in [0.717, 1.165) is 6.07 Å². The molecule has 0 radical (unpaired) electrons. The van der Waals surface area contributed by atoms with Gasteiger partial charge in [-0.05, 0) is 37.4 Å². The van der Waals surface area contributed by atoms with E-state index >= 15 is 0 Å². The van der Waals surface area contributed by atoms with Gasteiger partial charge in [0.2, 0.25) is 0 Å². The summed E-state index contributed by atoms with van der Waals surface area (Å²) in [5, 5.41) is 3.02. The summed E-state index contributed by atoms with van der Waals surface area (Å²) in [4.78, 5) is 0. The van der Waals surface area contributed by atoms with Crippen LogP contribution in [0.4, 0.5) is 8.78 Å². The van der Waals surface area contributed by atoms with Gasteiger partial charge in [-0.2, -0.15) is 0 Å². The van der Waals surface area contributed by atoms with Crippen LogP contribution in [-0.2, 0) is 16.3 Å². The van der Waals surface area contributed by atoms with Crippen molar-refractivity contribution in [2.45, 2.75) is 18.9 Å². The number of sulfone groups is 1. The lowest BCUT2D eigenvalue weighted by Crippen LogP contribution is -2.36. The highest BCUT2D eigenvalue weighted by molar-refractivity contribution is 7.91. The second-order valence-corrected chi connectivity index (χ2v) is 7.20. The van der Waals surface area contributed by atoms with E-state index in [2.05, 4.69) is 5.32 Å². The molecule has 2 rings (SSSR count). The molecule has 1 heterocycles. The SMILES string of the molecule is CNC(Cc1cccc(F)c1F)C1CCS(=O)(=O)C1. The first-order chi connectivity index (χ1) is 8.93. The zero-order valence-corrected chi connectivity index (χ0v) is 11.5. The van der Waals surface area contributed by atoms with Gasteiger partial charge in [-0.1, -0.05) is 12.1 Å². The van der Waals surface area contributed by atoms with Gasteiger partial charge in [0.15, 0.2) is 21.5 Å². The first-order valence-corrected chi connectivity index (χ1v) is 8.05. The average molecular weight is 289 g/mol. The van der Waals surface area contributed by atoms with E-state index < -0.39 is 21.5 Å². The van der Waals surface area contributed by atoms with Gasteiger partial charge in [0.05, 0.1) is 11.5 Å². The second kappa shape index (κ2) is 5.54. The van der Waals surface area contributed by atoms with Crippen LogP contribution in [0.2, 0.25) is 0 Å². The Morgan fingerprint density at radius 3 is 2.74 bits per heavy atom. The molecule has 0 aromatic heterocycles. The van der Waals surface area contributed by atoms with Crippen LogP contribution in [0, 0.1) is 17.6 Å². The molecule has 2 unspecified atom stereocenters. The largest absolute Gasteiger partial charge is 0.316 e. The predicted molar refractivity (Wildman–Crippen MR) is 69.7 cm³/mol. The number of likely N-dealkylation sites (N-methyl/N-ethyl adjacent to an activating group) is 1. The van der Waals surface area contributed by atoms with Crippen LogP contribution in [0.15, 0.2) is 18.2 Å². The highest BCUT2D eigenvalue weighted by Gasteiger charge is 2.33. The molecule has 0 saturated carbocycles. The van der Waals surface area contributed by atoms with Gasteiger partial charge in [0, 0.05) is 6.04 Å². The molecule has 1 aliphatic rings. The Morgan fingerprint density at radius 1 is 1.42 bits per heavy atom. The van der Waals surface area contributed by atoms with Crippen molar-refractivity contribution in [3.63, 3.8) is 0 Å². The van der Waals surface area contributed by atoms with Crippen molar-refractivity contribution in [3.05, 3.63) is 35.4 Å². The maximum absolute atomic E-state index is 13.6. The summed E-state index contributed by atoms with van der Waals surface area (Å²) in [5.41, 5.74) is 0.281. The molecule has 0 aliphatic carbocycles. The molecule has 19 heavy (non-hydrogen) atoms. The molecule has 1 saturated heterocycles. The Hall–Kier alpha value is -1.01. The molecule has 3 nitrogen and oxygen atoms in total. The minimum atomic E-state index is -2.97. The number of halogens is 2. The number of hydrogen-bond donors (Lipinski definition) is 1. The molecule has 1 aromatic rings. The van der Waals surface area contributed by atoms with Crippen LogP contribution in [0.3, 0.4) is 0 Å². The van der Waals surface area contributed by atoms with Crippen molar-refractivity contribution in [1.29, 1.82) is 0 Å². The lowest BCUT2D eigenvalue weighted by Gasteiger charge is -2.22. The fourth-order valence-electron chi connectivity index (χ4n) is 2.59. The molecule has 0 bridgehead atoms. The zero-order valence-electron chi connectivity index (χ0n) is 10.7. The second-order valence-electron chi connectivity index (χ2n) is 4.98. The molecular formula is C13H17F2NO2S.